The van der Waals surface area contributed by atoms with Crippen LogP contribution >= 0.6 is 11.3 Å². The van der Waals surface area contributed by atoms with Gasteiger partial charge < -0.3 is 5.11 Å². The van der Waals surface area contributed by atoms with Crippen LogP contribution in [0.1, 0.15) is 53.8 Å². The molecule has 1 N–H and O–H groups in total. The van der Waals surface area contributed by atoms with Crippen molar-refractivity contribution in [2.45, 2.75) is 52.1 Å². The molecule has 0 aliphatic heterocycles. The Bertz CT molecular complexity index is 328. The first-order chi connectivity index (χ1) is 7.18. The molecule has 1 fully saturated rings. The van der Waals surface area contributed by atoms with Crippen molar-refractivity contribution in [3.05, 3.63) is 15.6 Å². The molecule has 1 unspecified atom stereocenters. The predicted molar refractivity (Wildman–Crippen MR) is 63.1 cm³/mol. The van der Waals surface area contributed by atoms with Gasteiger partial charge in [0.15, 0.2) is 0 Å². The van der Waals surface area contributed by atoms with E-state index in [1.807, 2.05) is 13.8 Å². The lowest BCUT2D eigenvalue weighted by atomic mass is 9.84. The van der Waals surface area contributed by atoms with Crippen molar-refractivity contribution >= 4 is 11.3 Å². The molecule has 0 radical (unpaired) electrons. The molecule has 1 aliphatic carbocycles. The number of aliphatic hydroxyl groups excluding tert-OH is 1. The third-order valence-electron chi connectivity index (χ3n) is 3.30. The first-order valence-electron chi connectivity index (χ1n) is 5.80. The summed E-state index contributed by atoms with van der Waals surface area (Å²) >= 11 is 1.65. The molecule has 2 nitrogen and oxygen atoms in total. The summed E-state index contributed by atoms with van der Waals surface area (Å²) in [6, 6.07) is 0. The highest BCUT2D eigenvalue weighted by Gasteiger charge is 2.25. The molecule has 15 heavy (non-hydrogen) atoms. The van der Waals surface area contributed by atoms with E-state index in [2.05, 4.69) is 4.98 Å². The summed E-state index contributed by atoms with van der Waals surface area (Å²) in [6.45, 7) is 4.01. The highest BCUT2D eigenvalue weighted by molar-refractivity contribution is 7.11. The molecule has 0 amide bonds. The average Bonchev–Trinajstić information content (AvgIpc) is 2.58. The second-order valence-corrected chi connectivity index (χ2v) is 5.76. The molecular formula is C12H19NOS. The van der Waals surface area contributed by atoms with Crippen LogP contribution in [0.25, 0.3) is 0 Å². The zero-order chi connectivity index (χ0) is 10.8. The van der Waals surface area contributed by atoms with Gasteiger partial charge in [-0.2, -0.15) is 0 Å². The van der Waals surface area contributed by atoms with Crippen LogP contribution in [0.15, 0.2) is 0 Å². The Kier molecular flexibility index (Phi) is 3.42. The Balaban J connectivity index is 2.12. The van der Waals surface area contributed by atoms with Crippen molar-refractivity contribution in [1.29, 1.82) is 0 Å². The van der Waals surface area contributed by atoms with Gasteiger partial charge in [0, 0.05) is 0 Å². The molecule has 3 heteroatoms. The average molecular weight is 225 g/mol. The number of aryl methyl sites for hydroxylation is 2. The van der Waals surface area contributed by atoms with Crippen LogP contribution in [0, 0.1) is 19.8 Å². The van der Waals surface area contributed by atoms with Gasteiger partial charge in [-0.25, -0.2) is 4.98 Å². The molecule has 1 atom stereocenters. The highest BCUT2D eigenvalue weighted by Crippen LogP contribution is 2.37. The van der Waals surface area contributed by atoms with E-state index in [0.717, 1.165) is 15.6 Å². The minimum Gasteiger partial charge on any atom is -0.387 e. The van der Waals surface area contributed by atoms with Gasteiger partial charge in [-0.05, 0) is 32.6 Å². The van der Waals surface area contributed by atoms with Gasteiger partial charge in [-0.15, -0.1) is 11.3 Å². The normalized spacial score (nSPS) is 20.5. The second kappa shape index (κ2) is 4.62. The zero-order valence-electron chi connectivity index (χ0n) is 9.49. The monoisotopic (exact) mass is 225 g/mol. The number of hydrogen-bond acceptors (Lipinski definition) is 3. The summed E-state index contributed by atoms with van der Waals surface area (Å²) < 4.78 is 0. The lowest BCUT2D eigenvalue weighted by Gasteiger charge is -2.26. The SMILES string of the molecule is Cc1nc(C)c(C(O)C2CCCCC2)s1. The number of aromatic nitrogens is 1. The summed E-state index contributed by atoms with van der Waals surface area (Å²) in [5.74, 6) is 0.470. The van der Waals surface area contributed by atoms with Crippen molar-refractivity contribution in [2.24, 2.45) is 5.92 Å². The molecule has 1 heterocycles. The molecule has 0 spiro atoms. The van der Waals surface area contributed by atoms with Gasteiger partial charge in [0.05, 0.1) is 21.7 Å². The fraction of sp³-hybridized carbons (Fsp3) is 0.750. The van der Waals surface area contributed by atoms with Crippen molar-refractivity contribution in [3.8, 4) is 0 Å². The second-order valence-electron chi connectivity index (χ2n) is 4.53. The molecule has 1 aromatic heterocycles. The molecule has 1 saturated carbocycles. The van der Waals surface area contributed by atoms with E-state index in [9.17, 15) is 5.11 Å². The van der Waals surface area contributed by atoms with Crippen LogP contribution in [0.4, 0.5) is 0 Å². The Hall–Kier alpha value is -0.410. The minimum absolute atomic E-state index is 0.267. The summed E-state index contributed by atoms with van der Waals surface area (Å²) in [5.41, 5.74) is 1.02. The van der Waals surface area contributed by atoms with Crippen LogP contribution in [-0.4, -0.2) is 10.1 Å². The zero-order valence-corrected chi connectivity index (χ0v) is 10.3. The topological polar surface area (TPSA) is 33.1 Å². The van der Waals surface area contributed by atoms with Crippen molar-refractivity contribution in [3.63, 3.8) is 0 Å². The first-order valence-corrected chi connectivity index (χ1v) is 6.62. The maximum atomic E-state index is 10.3. The molecule has 0 saturated heterocycles. The van der Waals surface area contributed by atoms with Crippen LogP contribution in [-0.2, 0) is 0 Å². The Morgan fingerprint density at radius 2 is 1.93 bits per heavy atom. The van der Waals surface area contributed by atoms with E-state index in [1.165, 1.54) is 32.1 Å². The Morgan fingerprint density at radius 3 is 2.47 bits per heavy atom. The summed E-state index contributed by atoms with van der Waals surface area (Å²) in [4.78, 5) is 5.48. The van der Waals surface area contributed by atoms with Crippen molar-refractivity contribution < 1.29 is 5.11 Å². The van der Waals surface area contributed by atoms with Crippen LogP contribution < -0.4 is 0 Å². The Morgan fingerprint density at radius 1 is 1.27 bits per heavy atom. The molecule has 1 aromatic rings. The smallest absolute Gasteiger partial charge is 0.0928 e. The van der Waals surface area contributed by atoms with E-state index in [0.29, 0.717) is 5.92 Å². The number of thiazole rings is 1. The van der Waals surface area contributed by atoms with Crippen molar-refractivity contribution in [1.82, 2.24) is 4.98 Å². The number of rotatable bonds is 2. The van der Waals surface area contributed by atoms with Crippen molar-refractivity contribution in [2.75, 3.05) is 0 Å². The minimum atomic E-state index is -0.267. The van der Waals surface area contributed by atoms with E-state index in [-0.39, 0.29) is 6.10 Å². The van der Waals surface area contributed by atoms with E-state index in [4.69, 9.17) is 0 Å². The molecule has 2 rings (SSSR count). The predicted octanol–water partition coefficient (Wildman–Crippen LogP) is 3.37. The van der Waals surface area contributed by atoms with E-state index >= 15 is 0 Å². The van der Waals surface area contributed by atoms with Gasteiger partial charge in [-0.1, -0.05) is 19.3 Å². The van der Waals surface area contributed by atoms with Crippen LogP contribution in [0.5, 0.6) is 0 Å². The van der Waals surface area contributed by atoms with Gasteiger partial charge in [-0.3, -0.25) is 0 Å². The fourth-order valence-corrected chi connectivity index (χ4v) is 3.49. The quantitative estimate of drug-likeness (QED) is 0.837. The third-order valence-corrected chi connectivity index (χ3v) is 4.45. The number of hydrogen-bond donors (Lipinski definition) is 1. The van der Waals surface area contributed by atoms with Gasteiger partial charge >= 0.3 is 0 Å². The van der Waals surface area contributed by atoms with Gasteiger partial charge in [0.1, 0.15) is 0 Å². The summed E-state index contributed by atoms with van der Waals surface area (Å²) in [6.07, 6.45) is 5.98. The molecule has 0 bridgehead atoms. The highest BCUT2D eigenvalue weighted by atomic mass is 32.1. The van der Waals surface area contributed by atoms with E-state index < -0.39 is 0 Å². The van der Waals surface area contributed by atoms with Gasteiger partial charge in [0.2, 0.25) is 0 Å². The summed E-state index contributed by atoms with van der Waals surface area (Å²) in [5, 5.41) is 11.4. The fourth-order valence-electron chi connectivity index (χ4n) is 2.49. The number of aliphatic hydroxyl groups is 1. The van der Waals surface area contributed by atoms with E-state index in [1.54, 1.807) is 11.3 Å². The maximum Gasteiger partial charge on any atom is 0.0928 e. The lowest BCUT2D eigenvalue weighted by Crippen LogP contribution is -2.15. The largest absolute Gasteiger partial charge is 0.387 e. The molecular weight excluding hydrogens is 206 g/mol. The standard InChI is InChI=1S/C12H19NOS/c1-8-12(15-9(2)13-8)11(14)10-6-4-3-5-7-10/h10-11,14H,3-7H2,1-2H3. The maximum absolute atomic E-state index is 10.3. The lowest BCUT2D eigenvalue weighted by molar-refractivity contribution is 0.0872. The van der Waals surface area contributed by atoms with Crippen LogP contribution in [0.2, 0.25) is 0 Å². The first kappa shape index (κ1) is 11.1. The summed E-state index contributed by atoms with van der Waals surface area (Å²) in [7, 11) is 0. The molecule has 84 valence electrons. The third kappa shape index (κ3) is 2.40. The van der Waals surface area contributed by atoms with Crippen LogP contribution in [0.3, 0.4) is 0 Å². The van der Waals surface area contributed by atoms with Gasteiger partial charge in [0.25, 0.3) is 0 Å². The number of nitrogens with zero attached hydrogens (tertiary/aromatic N) is 1. The molecule has 1 aliphatic rings. The Labute approximate surface area is 95.4 Å². The molecule has 0 aromatic carbocycles.